The molecule has 0 aromatic heterocycles. The van der Waals surface area contributed by atoms with Crippen molar-refractivity contribution in [1.29, 1.82) is 0 Å². The number of halogens is 1. The van der Waals surface area contributed by atoms with Gasteiger partial charge in [-0.25, -0.2) is 8.42 Å². The molecule has 0 amide bonds. The van der Waals surface area contributed by atoms with Gasteiger partial charge in [0, 0.05) is 10.7 Å². The second kappa shape index (κ2) is 3.90. The molecule has 0 fully saturated rings. The van der Waals surface area contributed by atoms with E-state index in [2.05, 4.69) is 0 Å². The normalized spacial score (nSPS) is 14.2. The Morgan fingerprint density at radius 1 is 1.33 bits per heavy atom. The molecule has 82 valence electrons. The Morgan fingerprint density at radius 2 is 2.13 bits per heavy atom. The molecule has 2 rings (SSSR count). The van der Waals surface area contributed by atoms with Gasteiger partial charge in [-0.15, -0.1) is 0 Å². The molecule has 4 nitrogen and oxygen atoms in total. The molecule has 0 spiro atoms. The van der Waals surface area contributed by atoms with E-state index in [1.54, 1.807) is 18.2 Å². The van der Waals surface area contributed by atoms with Crippen LogP contribution in [0.15, 0.2) is 18.2 Å². The molecule has 0 N–H and O–H groups in total. The monoisotopic (exact) mass is 248 g/mol. The van der Waals surface area contributed by atoms with Crippen molar-refractivity contribution >= 4 is 19.7 Å². The molecule has 6 heteroatoms. The van der Waals surface area contributed by atoms with Gasteiger partial charge in [0.15, 0.2) is 11.5 Å². The Morgan fingerprint density at radius 3 is 2.87 bits per heavy atom. The van der Waals surface area contributed by atoms with Crippen molar-refractivity contribution < 1.29 is 17.9 Å². The summed E-state index contributed by atoms with van der Waals surface area (Å²) in [7, 11) is 1.67. The summed E-state index contributed by atoms with van der Waals surface area (Å²) < 4.78 is 32.0. The largest absolute Gasteiger partial charge is 0.454 e. The minimum absolute atomic E-state index is 0.103. The molecule has 1 aliphatic heterocycles. The van der Waals surface area contributed by atoms with Gasteiger partial charge in [0.2, 0.25) is 15.8 Å². The van der Waals surface area contributed by atoms with Crippen LogP contribution in [0.3, 0.4) is 0 Å². The van der Waals surface area contributed by atoms with Crippen molar-refractivity contribution in [2.24, 2.45) is 0 Å². The summed E-state index contributed by atoms with van der Waals surface area (Å²) in [6.07, 6.45) is 0.332. The average Bonchev–Trinajstić information content (AvgIpc) is 2.61. The minimum atomic E-state index is -3.46. The first-order valence-electron chi connectivity index (χ1n) is 4.36. The molecular weight excluding hydrogens is 240 g/mol. The van der Waals surface area contributed by atoms with E-state index in [9.17, 15) is 8.42 Å². The summed E-state index contributed by atoms with van der Waals surface area (Å²) in [4.78, 5) is 0. The van der Waals surface area contributed by atoms with Crippen LogP contribution in [-0.2, 0) is 15.5 Å². The van der Waals surface area contributed by atoms with Crippen LogP contribution in [0.4, 0.5) is 0 Å². The van der Waals surface area contributed by atoms with E-state index in [0.717, 1.165) is 5.56 Å². The lowest BCUT2D eigenvalue weighted by molar-refractivity contribution is 0.173. The van der Waals surface area contributed by atoms with Crippen LogP contribution in [-0.4, -0.2) is 21.0 Å². The average molecular weight is 249 g/mol. The van der Waals surface area contributed by atoms with E-state index in [4.69, 9.17) is 20.2 Å². The number of hydrogen-bond donors (Lipinski definition) is 0. The second-order valence-corrected chi connectivity index (χ2v) is 6.04. The quantitative estimate of drug-likeness (QED) is 0.762. The molecule has 15 heavy (non-hydrogen) atoms. The first kappa shape index (κ1) is 10.6. The maximum absolute atomic E-state index is 10.8. The zero-order valence-electron chi connectivity index (χ0n) is 7.77. The number of aryl methyl sites for hydroxylation is 1. The van der Waals surface area contributed by atoms with Crippen LogP contribution in [0.25, 0.3) is 0 Å². The molecule has 1 aromatic rings. The highest BCUT2D eigenvalue weighted by molar-refractivity contribution is 8.13. The standard InChI is InChI=1S/C9H9ClO4S/c10-15(11,12)5-4-7-2-1-3-8-9(7)14-6-13-8/h1-3H,4-6H2. The first-order valence-corrected chi connectivity index (χ1v) is 6.84. The lowest BCUT2D eigenvalue weighted by Crippen LogP contribution is -2.02. The Hall–Kier alpha value is -0.940. The van der Waals surface area contributed by atoms with E-state index < -0.39 is 9.05 Å². The zero-order chi connectivity index (χ0) is 10.9. The topological polar surface area (TPSA) is 52.6 Å². The van der Waals surface area contributed by atoms with Gasteiger partial charge in [0.05, 0.1) is 5.75 Å². The van der Waals surface area contributed by atoms with E-state index >= 15 is 0 Å². The number of para-hydroxylation sites is 1. The molecule has 1 aliphatic rings. The fourth-order valence-electron chi connectivity index (χ4n) is 1.42. The fourth-order valence-corrected chi connectivity index (χ4v) is 2.11. The molecule has 0 unspecified atom stereocenters. The van der Waals surface area contributed by atoms with E-state index in [0.29, 0.717) is 17.9 Å². The van der Waals surface area contributed by atoms with E-state index in [-0.39, 0.29) is 12.5 Å². The first-order chi connectivity index (χ1) is 7.06. The van der Waals surface area contributed by atoms with Gasteiger partial charge in [-0.3, -0.25) is 0 Å². The molecular formula is C9H9ClO4S. The smallest absolute Gasteiger partial charge is 0.232 e. The third-order valence-electron chi connectivity index (χ3n) is 2.09. The Labute approximate surface area is 92.2 Å². The summed E-state index contributed by atoms with van der Waals surface area (Å²) in [6, 6.07) is 5.38. The SMILES string of the molecule is O=S(=O)(Cl)CCc1cccc2c1OCO2. The molecule has 0 saturated carbocycles. The second-order valence-electron chi connectivity index (χ2n) is 3.14. The van der Waals surface area contributed by atoms with Crippen LogP contribution >= 0.6 is 10.7 Å². The number of benzene rings is 1. The highest BCUT2D eigenvalue weighted by Gasteiger charge is 2.18. The maximum Gasteiger partial charge on any atom is 0.232 e. The van der Waals surface area contributed by atoms with Crippen molar-refractivity contribution in [2.75, 3.05) is 12.5 Å². The van der Waals surface area contributed by atoms with Crippen LogP contribution in [0.1, 0.15) is 5.56 Å². The van der Waals surface area contributed by atoms with E-state index in [1.807, 2.05) is 0 Å². The van der Waals surface area contributed by atoms with Crippen LogP contribution in [0.5, 0.6) is 11.5 Å². The molecule has 0 aliphatic carbocycles. The molecule has 0 radical (unpaired) electrons. The van der Waals surface area contributed by atoms with Crippen LogP contribution in [0, 0.1) is 0 Å². The maximum atomic E-state index is 10.8. The third-order valence-corrected chi connectivity index (χ3v) is 3.25. The van der Waals surface area contributed by atoms with Crippen LogP contribution < -0.4 is 9.47 Å². The van der Waals surface area contributed by atoms with E-state index in [1.165, 1.54) is 0 Å². The van der Waals surface area contributed by atoms with Gasteiger partial charge in [-0.2, -0.15) is 0 Å². The van der Waals surface area contributed by atoms with Gasteiger partial charge in [-0.1, -0.05) is 12.1 Å². The van der Waals surface area contributed by atoms with Crippen molar-refractivity contribution in [3.8, 4) is 11.5 Å². The highest BCUT2D eigenvalue weighted by Crippen LogP contribution is 2.35. The summed E-state index contributed by atoms with van der Waals surface area (Å²) >= 11 is 0. The number of ether oxygens (including phenoxy) is 2. The molecule has 0 bridgehead atoms. The number of rotatable bonds is 3. The summed E-state index contributed by atoms with van der Waals surface area (Å²) in [5.41, 5.74) is 0.800. The van der Waals surface area contributed by atoms with Gasteiger partial charge in [0.1, 0.15) is 0 Å². The van der Waals surface area contributed by atoms with Crippen molar-refractivity contribution in [2.45, 2.75) is 6.42 Å². The minimum Gasteiger partial charge on any atom is -0.454 e. The van der Waals surface area contributed by atoms with Crippen molar-refractivity contribution in [1.82, 2.24) is 0 Å². The summed E-state index contributed by atoms with van der Waals surface area (Å²) in [5.74, 6) is 1.17. The molecule has 1 heterocycles. The predicted molar refractivity (Wildman–Crippen MR) is 55.9 cm³/mol. The number of fused-ring (bicyclic) bond motifs is 1. The van der Waals surface area contributed by atoms with Gasteiger partial charge >= 0.3 is 0 Å². The third kappa shape index (κ3) is 2.54. The van der Waals surface area contributed by atoms with Crippen molar-refractivity contribution in [3.63, 3.8) is 0 Å². The highest BCUT2D eigenvalue weighted by atomic mass is 35.7. The molecule has 0 atom stereocenters. The van der Waals surface area contributed by atoms with Crippen molar-refractivity contribution in [3.05, 3.63) is 23.8 Å². The molecule has 1 aromatic carbocycles. The van der Waals surface area contributed by atoms with Gasteiger partial charge < -0.3 is 9.47 Å². The number of hydrogen-bond acceptors (Lipinski definition) is 4. The summed E-state index contributed by atoms with van der Waals surface area (Å²) in [6.45, 7) is 0.181. The Bertz CT molecular complexity index is 469. The Balaban J connectivity index is 2.19. The van der Waals surface area contributed by atoms with Gasteiger partial charge in [0.25, 0.3) is 0 Å². The lowest BCUT2D eigenvalue weighted by Gasteiger charge is -2.03. The van der Waals surface area contributed by atoms with Crippen LogP contribution in [0.2, 0.25) is 0 Å². The summed E-state index contributed by atoms with van der Waals surface area (Å²) in [5, 5.41) is 0. The molecule has 0 saturated heterocycles. The predicted octanol–water partition coefficient (Wildman–Crippen LogP) is 1.53. The fraction of sp³-hybridized carbons (Fsp3) is 0.333. The zero-order valence-corrected chi connectivity index (χ0v) is 9.35. The Kier molecular flexibility index (Phi) is 2.75. The lowest BCUT2D eigenvalue weighted by atomic mass is 10.1. The van der Waals surface area contributed by atoms with Gasteiger partial charge in [-0.05, 0) is 18.1 Å².